The maximum absolute atomic E-state index is 10.6. The molecule has 2 heteroatoms. The first-order chi connectivity index (χ1) is 7.50. The van der Waals surface area contributed by atoms with E-state index in [1.165, 1.54) is 10.4 Å². The summed E-state index contributed by atoms with van der Waals surface area (Å²) < 4.78 is 0. The molecule has 0 saturated heterocycles. The molecule has 2 aromatic rings. The summed E-state index contributed by atoms with van der Waals surface area (Å²) in [4.78, 5) is 1.22. The van der Waals surface area contributed by atoms with Gasteiger partial charge < -0.3 is 5.11 Å². The lowest BCUT2D eigenvalue weighted by atomic mass is 9.89. The summed E-state index contributed by atoms with van der Waals surface area (Å²) in [5.74, 6) is 0. The number of hydrogen-bond donors (Lipinski definition) is 1. The van der Waals surface area contributed by atoms with Crippen molar-refractivity contribution >= 4 is 11.3 Å². The smallest absolute Gasteiger partial charge is 0.113 e. The maximum atomic E-state index is 10.6. The van der Waals surface area contributed by atoms with Gasteiger partial charge in [0, 0.05) is 4.88 Å². The molecule has 0 aliphatic carbocycles. The lowest BCUT2D eigenvalue weighted by Gasteiger charge is -2.23. The molecule has 1 unspecified atom stereocenters. The van der Waals surface area contributed by atoms with E-state index in [0.717, 1.165) is 11.1 Å². The zero-order valence-electron chi connectivity index (χ0n) is 9.82. The average Bonchev–Trinajstić information content (AvgIpc) is 2.66. The Bertz CT molecular complexity index is 480. The third-order valence-corrected chi connectivity index (χ3v) is 3.77. The third kappa shape index (κ3) is 2.04. The van der Waals surface area contributed by atoms with Crippen molar-refractivity contribution in [1.82, 2.24) is 0 Å². The highest BCUT2D eigenvalue weighted by atomic mass is 32.1. The Morgan fingerprint density at radius 3 is 2.19 bits per heavy atom. The number of aliphatic hydroxyl groups is 1. The van der Waals surface area contributed by atoms with Crippen LogP contribution >= 0.6 is 11.3 Å². The maximum Gasteiger partial charge on any atom is 0.113 e. The van der Waals surface area contributed by atoms with Crippen LogP contribution in [0.1, 0.15) is 28.5 Å². The lowest BCUT2D eigenvalue weighted by molar-refractivity contribution is 0.103. The van der Waals surface area contributed by atoms with E-state index in [0.29, 0.717) is 0 Å². The first-order valence-electron chi connectivity index (χ1n) is 5.35. The first-order valence-corrected chi connectivity index (χ1v) is 6.23. The molecule has 16 heavy (non-hydrogen) atoms. The molecule has 1 aromatic carbocycles. The molecule has 0 fully saturated rings. The average molecular weight is 232 g/mol. The zero-order valence-corrected chi connectivity index (χ0v) is 10.6. The van der Waals surface area contributed by atoms with Gasteiger partial charge in [-0.25, -0.2) is 0 Å². The van der Waals surface area contributed by atoms with Crippen molar-refractivity contribution in [1.29, 1.82) is 0 Å². The highest BCUT2D eigenvalue weighted by Crippen LogP contribution is 2.31. The van der Waals surface area contributed by atoms with Crippen LogP contribution in [0.5, 0.6) is 0 Å². The van der Waals surface area contributed by atoms with Gasteiger partial charge in [-0.3, -0.25) is 0 Å². The van der Waals surface area contributed by atoms with Crippen LogP contribution in [-0.2, 0) is 5.60 Å². The van der Waals surface area contributed by atoms with Crippen LogP contribution in [0.2, 0.25) is 0 Å². The Hall–Kier alpha value is -1.12. The Kier molecular flexibility index (Phi) is 2.87. The van der Waals surface area contributed by atoms with Crippen LogP contribution in [-0.4, -0.2) is 5.11 Å². The van der Waals surface area contributed by atoms with Crippen molar-refractivity contribution in [3.63, 3.8) is 0 Å². The molecular formula is C14H16OS. The Labute approximate surface area is 100 Å². The summed E-state index contributed by atoms with van der Waals surface area (Å²) >= 11 is 1.67. The molecule has 0 bridgehead atoms. The van der Waals surface area contributed by atoms with Crippen LogP contribution in [0.25, 0.3) is 0 Å². The molecule has 1 atom stereocenters. The van der Waals surface area contributed by atoms with Crippen molar-refractivity contribution in [2.45, 2.75) is 26.4 Å². The van der Waals surface area contributed by atoms with E-state index in [9.17, 15) is 5.11 Å². The minimum atomic E-state index is -0.890. The Balaban J connectivity index is 2.42. The van der Waals surface area contributed by atoms with Gasteiger partial charge in [0.25, 0.3) is 0 Å². The van der Waals surface area contributed by atoms with Gasteiger partial charge in [0.05, 0.1) is 0 Å². The van der Waals surface area contributed by atoms with Crippen molar-refractivity contribution in [3.05, 3.63) is 57.3 Å². The van der Waals surface area contributed by atoms with Gasteiger partial charge in [-0.05, 0) is 43.3 Å². The third-order valence-electron chi connectivity index (χ3n) is 2.91. The molecule has 84 valence electrons. The van der Waals surface area contributed by atoms with Crippen LogP contribution in [0.3, 0.4) is 0 Å². The fourth-order valence-corrected chi connectivity index (χ4v) is 2.55. The summed E-state index contributed by atoms with van der Waals surface area (Å²) in [6.07, 6.45) is 0. The fourth-order valence-electron chi connectivity index (χ4n) is 1.74. The summed E-state index contributed by atoms with van der Waals surface area (Å²) in [5.41, 5.74) is 2.23. The molecule has 0 radical (unpaired) electrons. The van der Waals surface area contributed by atoms with Crippen molar-refractivity contribution in [2.24, 2.45) is 0 Å². The number of hydrogen-bond acceptors (Lipinski definition) is 2. The molecule has 0 amide bonds. The van der Waals surface area contributed by atoms with Crippen LogP contribution in [0, 0.1) is 13.8 Å². The number of benzene rings is 1. The molecule has 0 aliphatic heterocycles. The SMILES string of the molecule is Cc1ccc(C(C)(O)c2csc(C)c2)cc1. The molecule has 0 aliphatic rings. The summed E-state index contributed by atoms with van der Waals surface area (Å²) in [6.45, 7) is 5.95. The molecule has 0 spiro atoms. The molecule has 1 aromatic heterocycles. The summed E-state index contributed by atoms with van der Waals surface area (Å²) in [7, 11) is 0. The van der Waals surface area contributed by atoms with Crippen molar-refractivity contribution in [3.8, 4) is 0 Å². The van der Waals surface area contributed by atoms with E-state index >= 15 is 0 Å². The van der Waals surface area contributed by atoms with Gasteiger partial charge in [-0.2, -0.15) is 0 Å². The lowest BCUT2D eigenvalue weighted by Crippen LogP contribution is -2.21. The topological polar surface area (TPSA) is 20.2 Å². The van der Waals surface area contributed by atoms with E-state index in [1.807, 2.05) is 49.6 Å². The zero-order chi connectivity index (χ0) is 11.8. The second-order valence-electron chi connectivity index (χ2n) is 4.38. The van der Waals surface area contributed by atoms with Gasteiger partial charge in [-0.15, -0.1) is 11.3 Å². The van der Waals surface area contributed by atoms with E-state index in [4.69, 9.17) is 0 Å². The highest BCUT2D eigenvalue weighted by Gasteiger charge is 2.26. The van der Waals surface area contributed by atoms with Gasteiger partial charge >= 0.3 is 0 Å². The summed E-state index contributed by atoms with van der Waals surface area (Å²) in [5, 5.41) is 12.6. The predicted octanol–water partition coefficient (Wildman–Crippen LogP) is 3.62. The van der Waals surface area contributed by atoms with Crippen LogP contribution < -0.4 is 0 Å². The largest absolute Gasteiger partial charge is 0.381 e. The highest BCUT2D eigenvalue weighted by molar-refractivity contribution is 7.10. The van der Waals surface area contributed by atoms with Crippen LogP contribution in [0.4, 0.5) is 0 Å². The normalized spacial score (nSPS) is 14.8. The van der Waals surface area contributed by atoms with Gasteiger partial charge in [0.1, 0.15) is 5.60 Å². The van der Waals surface area contributed by atoms with Gasteiger partial charge in [-0.1, -0.05) is 29.8 Å². The summed E-state index contributed by atoms with van der Waals surface area (Å²) in [6, 6.07) is 10.1. The minimum absolute atomic E-state index is 0.890. The van der Waals surface area contributed by atoms with E-state index in [1.54, 1.807) is 11.3 Å². The van der Waals surface area contributed by atoms with Crippen molar-refractivity contribution < 1.29 is 5.11 Å². The molecule has 1 heterocycles. The number of aryl methyl sites for hydroxylation is 2. The van der Waals surface area contributed by atoms with Crippen LogP contribution in [0.15, 0.2) is 35.7 Å². The van der Waals surface area contributed by atoms with E-state index in [-0.39, 0.29) is 0 Å². The second kappa shape index (κ2) is 4.04. The molecule has 1 N–H and O–H groups in total. The first kappa shape index (κ1) is 11.4. The standard InChI is InChI=1S/C14H16OS/c1-10-4-6-12(7-5-10)14(3,15)13-8-11(2)16-9-13/h4-9,15H,1-3H3. The Morgan fingerprint density at radius 2 is 1.69 bits per heavy atom. The number of thiophene rings is 1. The predicted molar refractivity (Wildman–Crippen MR) is 68.9 cm³/mol. The monoisotopic (exact) mass is 232 g/mol. The minimum Gasteiger partial charge on any atom is -0.381 e. The molecule has 1 nitrogen and oxygen atoms in total. The Morgan fingerprint density at radius 1 is 1.06 bits per heavy atom. The van der Waals surface area contributed by atoms with Gasteiger partial charge in [0.15, 0.2) is 0 Å². The van der Waals surface area contributed by atoms with E-state index < -0.39 is 5.60 Å². The number of rotatable bonds is 2. The van der Waals surface area contributed by atoms with Crippen molar-refractivity contribution in [2.75, 3.05) is 0 Å². The molecule has 2 rings (SSSR count). The fraction of sp³-hybridized carbons (Fsp3) is 0.286. The quantitative estimate of drug-likeness (QED) is 0.838. The molecular weight excluding hydrogens is 216 g/mol. The molecule has 0 saturated carbocycles. The van der Waals surface area contributed by atoms with E-state index in [2.05, 4.69) is 6.92 Å². The second-order valence-corrected chi connectivity index (χ2v) is 5.50. The van der Waals surface area contributed by atoms with Gasteiger partial charge in [0.2, 0.25) is 0 Å².